The molecule has 0 unspecified atom stereocenters. The second-order valence-electron chi connectivity index (χ2n) is 5.50. The number of aromatic nitrogens is 1. The lowest BCUT2D eigenvalue weighted by Gasteiger charge is -2.32. The van der Waals surface area contributed by atoms with Crippen LogP contribution in [0.5, 0.6) is 0 Å². The van der Waals surface area contributed by atoms with Gasteiger partial charge in [-0.05, 0) is 27.7 Å². The van der Waals surface area contributed by atoms with Crippen molar-refractivity contribution in [1.29, 1.82) is 5.26 Å². The number of hydrogen-bond donors (Lipinski definition) is 0. The molecule has 19 heavy (non-hydrogen) atoms. The second kappa shape index (κ2) is 4.38. The zero-order chi connectivity index (χ0) is 14.3. The van der Waals surface area contributed by atoms with Gasteiger partial charge in [0.05, 0.1) is 16.8 Å². The molecular formula is C14H15BN2O2. The van der Waals surface area contributed by atoms with Gasteiger partial charge < -0.3 is 9.31 Å². The molecule has 1 aromatic heterocycles. The summed E-state index contributed by atoms with van der Waals surface area (Å²) in [6.45, 7) is 7.85. The molecule has 96 valence electrons. The first kappa shape index (κ1) is 13.6. The Bertz CT molecular complexity index is 580. The Morgan fingerprint density at radius 3 is 2.26 bits per heavy atom. The summed E-state index contributed by atoms with van der Waals surface area (Å²) in [5.74, 6) is 2.52. The molecule has 0 bridgehead atoms. The Labute approximate surface area is 113 Å². The molecule has 1 fully saturated rings. The van der Waals surface area contributed by atoms with Crippen molar-refractivity contribution in [3.05, 3.63) is 23.5 Å². The van der Waals surface area contributed by atoms with Gasteiger partial charge in [0.25, 0.3) is 0 Å². The van der Waals surface area contributed by atoms with Gasteiger partial charge in [-0.25, -0.2) is 0 Å². The fraction of sp³-hybridized carbons (Fsp3) is 0.429. The maximum absolute atomic E-state index is 9.05. The van der Waals surface area contributed by atoms with E-state index in [4.69, 9.17) is 21.0 Å². The van der Waals surface area contributed by atoms with Gasteiger partial charge in [0.2, 0.25) is 0 Å². The summed E-state index contributed by atoms with van der Waals surface area (Å²) in [4.78, 5) is 4.03. The lowest BCUT2D eigenvalue weighted by atomic mass is 9.76. The molecule has 0 atom stereocenters. The van der Waals surface area contributed by atoms with E-state index < -0.39 is 18.3 Å². The van der Waals surface area contributed by atoms with Gasteiger partial charge in [-0.2, -0.15) is 5.26 Å². The summed E-state index contributed by atoms with van der Waals surface area (Å²) in [5, 5.41) is 9.05. The average molecular weight is 254 g/mol. The number of pyridine rings is 1. The SMILES string of the molecule is C#Cc1c(C#N)cncc1B1OC(C)(C)C(C)(C)O1. The van der Waals surface area contributed by atoms with Crippen LogP contribution in [0.3, 0.4) is 0 Å². The molecule has 4 nitrogen and oxygen atoms in total. The van der Waals surface area contributed by atoms with E-state index in [9.17, 15) is 0 Å². The highest BCUT2D eigenvalue weighted by Gasteiger charge is 2.52. The molecule has 1 aromatic rings. The molecule has 1 aliphatic heterocycles. The van der Waals surface area contributed by atoms with Gasteiger partial charge >= 0.3 is 7.12 Å². The molecule has 0 saturated carbocycles. The smallest absolute Gasteiger partial charge is 0.399 e. The first-order valence-corrected chi connectivity index (χ1v) is 6.02. The van der Waals surface area contributed by atoms with Crippen molar-refractivity contribution in [2.24, 2.45) is 0 Å². The third kappa shape index (κ3) is 2.12. The first-order valence-electron chi connectivity index (χ1n) is 6.02. The molecule has 5 heteroatoms. The van der Waals surface area contributed by atoms with Gasteiger partial charge in [0.1, 0.15) is 6.07 Å². The molecule has 0 radical (unpaired) electrons. The van der Waals surface area contributed by atoms with Crippen molar-refractivity contribution in [2.75, 3.05) is 0 Å². The van der Waals surface area contributed by atoms with Gasteiger partial charge in [0.15, 0.2) is 0 Å². The Morgan fingerprint density at radius 1 is 1.21 bits per heavy atom. The maximum Gasteiger partial charge on any atom is 0.497 e. The number of terminal acetylenes is 1. The van der Waals surface area contributed by atoms with Crippen molar-refractivity contribution in [1.82, 2.24) is 4.98 Å². The van der Waals surface area contributed by atoms with E-state index in [1.807, 2.05) is 33.8 Å². The Kier molecular flexibility index (Phi) is 3.14. The van der Waals surface area contributed by atoms with Gasteiger partial charge in [-0.15, -0.1) is 6.42 Å². The summed E-state index contributed by atoms with van der Waals surface area (Å²) in [5.41, 5.74) is 0.559. The predicted molar refractivity (Wildman–Crippen MR) is 72.6 cm³/mol. The van der Waals surface area contributed by atoms with Crippen LogP contribution in [-0.2, 0) is 9.31 Å². The molecule has 0 aliphatic carbocycles. The Balaban J connectivity index is 2.47. The van der Waals surface area contributed by atoms with Crippen LogP contribution in [0.4, 0.5) is 0 Å². The van der Waals surface area contributed by atoms with E-state index in [-0.39, 0.29) is 0 Å². The lowest BCUT2D eigenvalue weighted by molar-refractivity contribution is 0.00578. The summed E-state index contributed by atoms with van der Waals surface area (Å²) >= 11 is 0. The zero-order valence-corrected chi connectivity index (χ0v) is 11.5. The van der Waals surface area contributed by atoms with Gasteiger partial charge in [-0.3, -0.25) is 4.98 Å². The van der Waals surface area contributed by atoms with Crippen LogP contribution in [-0.4, -0.2) is 23.3 Å². The number of rotatable bonds is 1. The van der Waals surface area contributed by atoms with Crippen molar-refractivity contribution in [3.8, 4) is 18.4 Å². The minimum absolute atomic E-state index is 0.356. The molecule has 0 aromatic carbocycles. The van der Waals surface area contributed by atoms with E-state index in [0.29, 0.717) is 16.6 Å². The van der Waals surface area contributed by atoms with Crippen molar-refractivity contribution in [3.63, 3.8) is 0 Å². The fourth-order valence-corrected chi connectivity index (χ4v) is 1.87. The molecule has 2 heterocycles. The van der Waals surface area contributed by atoms with Crippen LogP contribution < -0.4 is 5.46 Å². The van der Waals surface area contributed by atoms with Crippen molar-refractivity contribution < 1.29 is 9.31 Å². The minimum atomic E-state index is -0.600. The predicted octanol–water partition coefficient (Wildman–Crippen LogP) is 1.23. The van der Waals surface area contributed by atoms with Crippen molar-refractivity contribution in [2.45, 2.75) is 38.9 Å². The molecule has 0 spiro atoms. The van der Waals surface area contributed by atoms with E-state index in [2.05, 4.69) is 10.9 Å². The highest BCUT2D eigenvalue weighted by atomic mass is 16.7. The van der Waals surface area contributed by atoms with E-state index >= 15 is 0 Å². The zero-order valence-electron chi connectivity index (χ0n) is 11.5. The van der Waals surface area contributed by atoms with E-state index in [1.54, 1.807) is 6.20 Å². The highest BCUT2D eigenvalue weighted by Crippen LogP contribution is 2.36. The third-order valence-electron chi connectivity index (χ3n) is 3.75. The molecule has 2 rings (SSSR count). The number of nitriles is 1. The van der Waals surface area contributed by atoms with Crippen molar-refractivity contribution >= 4 is 12.6 Å². The summed E-state index contributed by atoms with van der Waals surface area (Å²) in [7, 11) is -0.600. The monoisotopic (exact) mass is 254 g/mol. The largest absolute Gasteiger partial charge is 0.497 e. The van der Waals surface area contributed by atoms with Crippen LogP contribution in [0.2, 0.25) is 0 Å². The first-order chi connectivity index (χ1) is 8.82. The summed E-state index contributed by atoms with van der Waals surface area (Å²) in [6, 6.07) is 2.04. The lowest BCUT2D eigenvalue weighted by Crippen LogP contribution is -2.41. The van der Waals surface area contributed by atoms with Crippen LogP contribution in [0.1, 0.15) is 38.8 Å². The highest BCUT2D eigenvalue weighted by molar-refractivity contribution is 6.62. The third-order valence-corrected chi connectivity index (χ3v) is 3.75. The summed E-state index contributed by atoms with van der Waals surface area (Å²) in [6.07, 6.45) is 8.53. The minimum Gasteiger partial charge on any atom is -0.399 e. The molecule has 1 aliphatic rings. The quantitative estimate of drug-likeness (QED) is 0.558. The van der Waals surface area contributed by atoms with Crippen LogP contribution >= 0.6 is 0 Å². The van der Waals surface area contributed by atoms with Gasteiger partial charge in [0, 0.05) is 23.4 Å². The number of nitrogens with zero attached hydrogens (tertiary/aromatic N) is 2. The van der Waals surface area contributed by atoms with E-state index in [0.717, 1.165) is 0 Å². The number of hydrogen-bond acceptors (Lipinski definition) is 4. The van der Waals surface area contributed by atoms with Crippen LogP contribution in [0.25, 0.3) is 0 Å². The molecule has 0 N–H and O–H groups in total. The second-order valence-corrected chi connectivity index (χ2v) is 5.50. The molecule has 0 amide bonds. The van der Waals surface area contributed by atoms with E-state index in [1.165, 1.54) is 6.20 Å². The Morgan fingerprint density at radius 2 is 1.79 bits per heavy atom. The van der Waals surface area contributed by atoms with Crippen LogP contribution in [0.15, 0.2) is 12.4 Å². The molecular weight excluding hydrogens is 239 g/mol. The van der Waals surface area contributed by atoms with Gasteiger partial charge in [-0.1, -0.05) is 5.92 Å². The normalized spacial score (nSPS) is 19.8. The maximum atomic E-state index is 9.05. The fourth-order valence-electron chi connectivity index (χ4n) is 1.87. The molecule has 1 saturated heterocycles. The topological polar surface area (TPSA) is 55.1 Å². The van der Waals surface area contributed by atoms with Crippen LogP contribution in [0, 0.1) is 23.7 Å². The summed E-state index contributed by atoms with van der Waals surface area (Å²) < 4.78 is 11.8. The Hall–Kier alpha value is -1.82. The standard InChI is InChI=1S/C14H15BN2O2/c1-6-11-10(7-16)8-17-9-12(11)15-18-13(2,3)14(4,5)19-15/h1,8-9H,2-5H3. The average Bonchev–Trinajstić information content (AvgIpc) is 2.57.